The standard InChI is InChI=1S/C23H21NO3S/c1-5-18(13-24-20-8-11-22-23(12-20)27-15-26-22)17(3)28-14-16(2)19-6-9-21(25-4)10-7-19/h1,6-14,24H,3,15H2,2,4H3/b16-14+,18-13+. The summed E-state index contributed by atoms with van der Waals surface area (Å²) in [5, 5.41) is 5.23. The van der Waals surface area contributed by atoms with Crippen LogP contribution >= 0.6 is 11.8 Å². The number of terminal acetylenes is 1. The molecule has 0 aromatic heterocycles. The first kappa shape index (κ1) is 19.5. The zero-order valence-corrected chi connectivity index (χ0v) is 16.6. The molecule has 3 rings (SSSR count). The van der Waals surface area contributed by atoms with Crippen molar-refractivity contribution in [1.29, 1.82) is 0 Å². The second-order valence-electron chi connectivity index (χ2n) is 5.99. The molecule has 1 heterocycles. The zero-order valence-electron chi connectivity index (χ0n) is 15.8. The van der Waals surface area contributed by atoms with Gasteiger partial charge in [-0.1, -0.05) is 36.4 Å². The zero-order chi connectivity index (χ0) is 19.9. The Kier molecular flexibility index (Phi) is 6.36. The molecule has 0 amide bonds. The summed E-state index contributed by atoms with van der Waals surface area (Å²) in [5.41, 5.74) is 3.78. The number of methoxy groups -OCH3 is 1. The number of ether oxygens (including phenoxy) is 3. The molecule has 0 spiro atoms. The highest BCUT2D eigenvalue weighted by Gasteiger charge is 2.12. The van der Waals surface area contributed by atoms with Crippen molar-refractivity contribution >= 4 is 23.0 Å². The number of anilines is 1. The third-order valence-electron chi connectivity index (χ3n) is 4.13. The lowest BCUT2D eigenvalue weighted by Gasteiger charge is -2.07. The summed E-state index contributed by atoms with van der Waals surface area (Å²) in [5.74, 6) is 4.97. The Bertz CT molecular complexity index is 968. The Balaban J connectivity index is 1.64. The summed E-state index contributed by atoms with van der Waals surface area (Å²) in [7, 11) is 1.66. The average Bonchev–Trinajstić information content (AvgIpc) is 3.20. The van der Waals surface area contributed by atoms with E-state index in [4.69, 9.17) is 20.6 Å². The van der Waals surface area contributed by atoms with Crippen LogP contribution in [0.25, 0.3) is 5.57 Å². The van der Waals surface area contributed by atoms with E-state index in [1.807, 2.05) is 54.8 Å². The number of allylic oxidation sites excluding steroid dienone is 2. The van der Waals surface area contributed by atoms with Crippen molar-refractivity contribution in [3.8, 4) is 29.6 Å². The van der Waals surface area contributed by atoms with Gasteiger partial charge in [-0.15, -0.1) is 6.42 Å². The van der Waals surface area contributed by atoms with Crippen LogP contribution in [0.1, 0.15) is 12.5 Å². The fourth-order valence-electron chi connectivity index (χ4n) is 2.49. The quantitative estimate of drug-likeness (QED) is 0.487. The van der Waals surface area contributed by atoms with Gasteiger partial charge in [-0.3, -0.25) is 0 Å². The van der Waals surface area contributed by atoms with E-state index in [-0.39, 0.29) is 6.79 Å². The highest BCUT2D eigenvalue weighted by Crippen LogP contribution is 2.34. The number of hydrogen-bond acceptors (Lipinski definition) is 5. The van der Waals surface area contributed by atoms with Gasteiger partial charge in [-0.25, -0.2) is 0 Å². The lowest BCUT2D eigenvalue weighted by molar-refractivity contribution is 0.174. The molecule has 28 heavy (non-hydrogen) atoms. The van der Waals surface area contributed by atoms with Gasteiger partial charge in [0.05, 0.1) is 12.7 Å². The van der Waals surface area contributed by atoms with Gasteiger partial charge in [0.1, 0.15) is 5.75 Å². The van der Waals surface area contributed by atoms with E-state index in [0.29, 0.717) is 11.3 Å². The molecular formula is C23H21NO3S. The minimum absolute atomic E-state index is 0.248. The molecule has 1 aliphatic heterocycles. The molecule has 5 heteroatoms. The first-order valence-electron chi connectivity index (χ1n) is 8.61. The summed E-state index contributed by atoms with van der Waals surface area (Å²) < 4.78 is 15.9. The topological polar surface area (TPSA) is 39.7 Å². The van der Waals surface area contributed by atoms with Gasteiger partial charge in [-0.05, 0) is 47.7 Å². The molecule has 2 aromatic rings. The molecule has 0 bridgehead atoms. The summed E-state index contributed by atoms with van der Waals surface area (Å²) in [6.07, 6.45) is 7.43. The van der Waals surface area contributed by atoms with Gasteiger partial charge >= 0.3 is 0 Å². The van der Waals surface area contributed by atoms with Crippen molar-refractivity contribution in [1.82, 2.24) is 0 Å². The van der Waals surface area contributed by atoms with Crippen LogP contribution in [-0.2, 0) is 0 Å². The molecule has 1 N–H and O–H groups in total. The molecule has 4 nitrogen and oxygen atoms in total. The molecule has 0 saturated heterocycles. The van der Waals surface area contributed by atoms with E-state index >= 15 is 0 Å². The van der Waals surface area contributed by atoms with Gasteiger partial charge in [0, 0.05) is 22.9 Å². The predicted octanol–water partition coefficient (Wildman–Crippen LogP) is 5.66. The molecule has 142 valence electrons. The van der Waals surface area contributed by atoms with Crippen molar-refractivity contribution in [2.24, 2.45) is 0 Å². The van der Waals surface area contributed by atoms with Crippen LogP contribution in [0.5, 0.6) is 17.2 Å². The van der Waals surface area contributed by atoms with E-state index in [2.05, 4.69) is 17.8 Å². The Morgan fingerprint density at radius 1 is 1.21 bits per heavy atom. The normalized spacial score (nSPS) is 13.0. The van der Waals surface area contributed by atoms with Crippen LogP contribution in [-0.4, -0.2) is 13.9 Å². The second-order valence-corrected chi connectivity index (χ2v) is 6.95. The molecule has 0 unspecified atom stereocenters. The molecule has 0 radical (unpaired) electrons. The van der Waals surface area contributed by atoms with Gasteiger partial charge in [0.25, 0.3) is 0 Å². The van der Waals surface area contributed by atoms with Crippen LogP contribution in [0.3, 0.4) is 0 Å². The van der Waals surface area contributed by atoms with E-state index < -0.39 is 0 Å². The van der Waals surface area contributed by atoms with E-state index in [1.54, 1.807) is 13.3 Å². The van der Waals surface area contributed by atoms with Crippen molar-refractivity contribution in [2.45, 2.75) is 6.92 Å². The Morgan fingerprint density at radius 2 is 1.96 bits per heavy atom. The van der Waals surface area contributed by atoms with E-state index in [9.17, 15) is 0 Å². The molecule has 1 aliphatic rings. The number of nitrogens with one attached hydrogen (secondary N) is 1. The van der Waals surface area contributed by atoms with Crippen molar-refractivity contribution < 1.29 is 14.2 Å². The van der Waals surface area contributed by atoms with Crippen LogP contribution in [0.4, 0.5) is 5.69 Å². The Hall–Kier alpha value is -3.23. The van der Waals surface area contributed by atoms with Crippen molar-refractivity contribution in [3.63, 3.8) is 0 Å². The molecule has 0 atom stereocenters. The Morgan fingerprint density at radius 3 is 2.68 bits per heavy atom. The maximum atomic E-state index is 5.67. The van der Waals surface area contributed by atoms with Crippen LogP contribution < -0.4 is 19.5 Å². The van der Waals surface area contributed by atoms with Crippen molar-refractivity contribution in [2.75, 3.05) is 19.2 Å². The van der Waals surface area contributed by atoms with Crippen LogP contribution in [0.2, 0.25) is 0 Å². The van der Waals surface area contributed by atoms with Gasteiger partial charge in [0.2, 0.25) is 6.79 Å². The maximum Gasteiger partial charge on any atom is 0.231 e. The summed E-state index contributed by atoms with van der Waals surface area (Å²) in [6, 6.07) is 13.6. The average molecular weight is 391 g/mol. The largest absolute Gasteiger partial charge is 0.497 e. The fraction of sp³-hybridized carbons (Fsp3) is 0.130. The molecule has 0 saturated carbocycles. The second kappa shape index (κ2) is 9.12. The molecular weight excluding hydrogens is 370 g/mol. The van der Waals surface area contributed by atoms with E-state index in [0.717, 1.165) is 33.2 Å². The van der Waals surface area contributed by atoms with Crippen LogP contribution in [0.15, 0.2) is 71.1 Å². The van der Waals surface area contributed by atoms with Crippen molar-refractivity contribution in [3.05, 3.63) is 76.7 Å². The first-order valence-corrected chi connectivity index (χ1v) is 9.49. The highest BCUT2D eigenvalue weighted by molar-refractivity contribution is 8.06. The van der Waals surface area contributed by atoms with Crippen LogP contribution in [0, 0.1) is 12.3 Å². The minimum atomic E-state index is 0.248. The predicted molar refractivity (Wildman–Crippen MR) is 116 cm³/mol. The van der Waals surface area contributed by atoms with E-state index in [1.165, 1.54) is 11.8 Å². The first-order chi connectivity index (χ1) is 13.6. The maximum absolute atomic E-state index is 5.67. The summed E-state index contributed by atoms with van der Waals surface area (Å²) in [6.45, 7) is 6.39. The number of benzene rings is 2. The SMILES string of the molecule is C#C/C(=C\Nc1ccc2c(c1)OCO2)C(=C)S/C=C(\C)c1ccc(OC)cc1. The minimum Gasteiger partial charge on any atom is -0.497 e. The molecule has 0 aliphatic carbocycles. The van der Waals surface area contributed by atoms with Gasteiger partial charge in [-0.2, -0.15) is 0 Å². The summed E-state index contributed by atoms with van der Waals surface area (Å²) in [4.78, 5) is 0.781. The molecule has 2 aromatic carbocycles. The third-order valence-corrected chi connectivity index (χ3v) is 5.11. The lowest BCUT2D eigenvalue weighted by Crippen LogP contribution is -1.93. The number of hydrogen-bond donors (Lipinski definition) is 1. The lowest BCUT2D eigenvalue weighted by atomic mass is 10.1. The Labute approximate surface area is 169 Å². The third kappa shape index (κ3) is 4.73. The number of fused-ring (bicyclic) bond motifs is 1. The van der Waals surface area contributed by atoms with Gasteiger partial charge in [0.15, 0.2) is 11.5 Å². The highest BCUT2D eigenvalue weighted by atomic mass is 32.2. The summed E-state index contributed by atoms with van der Waals surface area (Å²) >= 11 is 1.49. The number of rotatable bonds is 7. The van der Waals surface area contributed by atoms with Gasteiger partial charge < -0.3 is 19.5 Å². The fourth-order valence-corrected chi connectivity index (χ4v) is 3.19. The smallest absolute Gasteiger partial charge is 0.231 e. The number of thioether (sulfide) groups is 1. The molecule has 0 fully saturated rings. The monoisotopic (exact) mass is 391 g/mol.